The van der Waals surface area contributed by atoms with E-state index in [0.717, 1.165) is 4.88 Å². The van der Waals surface area contributed by atoms with Gasteiger partial charge in [0.15, 0.2) is 0 Å². The summed E-state index contributed by atoms with van der Waals surface area (Å²) in [6.45, 7) is 3.42. The normalized spacial score (nSPS) is 14.6. The molecule has 0 aliphatic carbocycles. The van der Waals surface area contributed by atoms with Crippen LogP contribution in [-0.4, -0.2) is 6.18 Å². The van der Waals surface area contributed by atoms with E-state index in [1.54, 1.807) is 13.8 Å². The molecule has 2 N–H and O–H groups in total. The summed E-state index contributed by atoms with van der Waals surface area (Å²) in [5, 5.41) is 0. The first-order valence-electron chi connectivity index (χ1n) is 3.71. The van der Waals surface area contributed by atoms with Crippen LogP contribution in [0.5, 0.6) is 0 Å². The summed E-state index contributed by atoms with van der Waals surface area (Å²) in [5.74, 6) is 0. The van der Waals surface area contributed by atoms with Crippen LogP contribution in [0.4, 0.5) is 13.2 Å². The first kappa shape index (κ1) is 10.5. The largest absolute Gasteiger partial charge is 0.407 e. The Morgan fingerprint density at radius 2 is 1.92 bits per heavy atom. The first-order valence-corrected chi connectivity index (χ1v) is 4.53. The van der Waals surface area contributed by atoms with Crippen LogP contribution in [0.3, 0.4) is 0 Å². The van der Waals surface area contributed by atoms with Crippen molar-refractivity contribution in [3.8, 4) is 0 Å². The van der Waals surface area contributed by atoms with Crippen LogP contribution in [0, 0.1) is 13.8 Å². The Balaban J connectivity index is 3.01. The van der Waals surface area contributed by atoms with E-state index in [2.05, 4.69) is 0 Å². The van der Waals surface area contributed by atoms with Gasteiger partial charge in [-0.05, 0) is 25.5 Å². The lowest BCUT2D eigenvalue weighted by Crippen LogP contribution is -2.28. The van der Waals surface area contributed by atoms with Gasteiger partial charge < -0.3 is 5.73 Å². The van der Waals surface area contributed by atoms with Crippen molar-refractivity contribution in [2.75, 3.05) is 0 Å². The van der Waals surface area contributed by atoms with Gasteiger partial charge in [0, 0.05) is 9.75 Å². The predicted octanol–water partition coefficient (Wildman–Crippen LogP) is 2.93. The lowest BCUT2D eigenvalue weighted by Gasteiger charge is -2.14. The monoisotopic (exact) mass is 209 g/mol. The number of nitrogens with two attached hydrogens (primary N) is 1. The number of halogens is 3. The van der Waals surface area contributed by atoms with Gasteiger partial charge in [0.25, 0.3) is 0 Å². The Hall–Kier alpha value is -0.550. The molecule has 1 unspecified atom stereocenters. The van der Waals surface area contributed by atoms with Crippen LogP contribution in [0.1, 0.15) is 21.4 Å². The lowest BCUT2D eigenvalue weighted by atomic mass is 10.1. The zero-order valence-electron chi connectivity index (χ0n) is 7.27. The zero-order chi connectivity index (χ0) is 10.2. The van der Waals surface area contributed by atoms with E-state index >= 15 is 0 Å². The molecule has 74 valence electrons. The van der Waals surface area contributed by atoms with Crippen molar-refractivity contribution in [2.24, 2.45) is 5.73 Å². The quantitative estimate of drug-likeness (QED) is 0.756. The van der Waals surface area contributed by atoms with Gasteiger partial charge in [-0.2, -0.15) is 13.2 Å². The van der Waals surface area contributed by atoms with Crippen LogP contribution in [0.25, 0.3) is 0 Å². The highest BCUT2D eigenvalue weighted by molar-refractivity contribution is 7.12. The van der Waals surface area contributed by atoms with Crippen LogP contribution >= 0.6 is 11.3 Å². The summed E-state index contributed by atoms with van der Waals surface area (Å²) >= 11 is 1.33. The average Bonchev–Trinajstić information content (AvgIpc) is 2.26. The standard InChI is InChI=1S/C8H10F3NS/c1-4-3-6(5(2)13-4)7(12)8(9,10)11/h3,7H,12H2,1-2H3. The van der Waals surface area contributed by atoms with Gasteiger partial charge in [0.1, 0.15) is 6.04 Å². The molecule has 1 heterocycles. The van der Waals surface area contributed by atoms with Crippen LogP contribution in [0.15, 0.2) is 6.07 Å². The molecule has 0 aliphatic rings. The fourth-order valence-electron chi connectivity index (χ4n) is 1.14. The van der Waals surface area contributed by atoms with E-state index in [0.29, 0.717) is 4.88 Å². The second-order valence-corrected chi connectivity index (χ2v) is 4.35. The minimum atomic E-state index is -4.35. The molecule has 0 fully saturated rings. The number of thiophene rings is 1. The summed E-state index contributed by atoms with van der Waals surface area (Å²) in [7, 11) is 0. The molecule has 5 heteroatoms. The van der Waals surface area contributed by atoms with E-state index in [-0.39, 0.29) is 5.56 Å². The van der Waals surface area contributed by atoms with E-state index in [4.69, 9.17) is 5.73 Å². The maximum atomic E-state index is 12.2. The Kier molecular flexibility index (Phi) is 2.68. The fraction of sp³-hybridized carbons (Fsp3) is 0.500. The number of hydrogen-bond donors (Lipinski definition) is 1. The van der Waals surface area contributed by atoms with E-state index in [1.165, 1.54) is 17.4 Å². The van der Waals surface area contributed by atoms with Gasteiger partial charge in [-0.15, -0.1) is 11.3 Å². The van der Waals surface area contributed by atoms with Crippen LogP contribution < -0.4 is 5.73 Å². The number of hydrogen-bond acceptors (Lipinski definition) is 2. The number of rotatable bonds is 1. The summed E-state index contributed by atoms with van der Waals surface area (Å²) in [6, 6.07) is -0.351. The molecule has 1 nitrogen and oxygen atoms in total. The third kappa shape index (κ3) is 2.22. The van der Waals surface area contributed by atoms with Crippen molar-refractivity contribution in [3.05, 3.63) is 21.4 Å². The second kappa shape index (κ2) is 3.31. The molecule has 0 radical (unpaired) electrons. The van der Waals surface area contributed by atoms with Crippen LogP contribution in [-0.2, 0) is 0 Å². The fourth-order valence-corrected chi connectivity index (χ4v) is 2.11. The summed E-state index contributed by atoms with van der Waals surface area (Å²) in [6.07, 6.45) is -4.35. The highest BCUT2D eigenvalue weighted by atomic mass is 32.1. The van der Waals surface area contributed by atoms with Crippen molar-refractivity contribution in [3.63, 3.8) is 0 Å². The molecular formula is C8H10F3NS. The Bertz CT molecular complexity index is 303. The molecule has 13 heavy (non-hydrogen) atoms. The van der Waals surface area contributed by atoms with Gasteiger partial charge in [-0.3, -0.25) is 0 Å². The lowest BCUT2D eigenvalue weighted by molar-refractivity contribution is -0.149. The van der Waals surface area contributed by atoms with Crippen molar-refractivity contribution in [1.82, 2.24) is 0 Å². The predicted molar refractivity (Wildman–Crippen MR) is 46.8 cm³/mol. The Morgan fingerprint density at radius 1 is 1.38 bits per heavy atom. The molecule has 0 amide bonds. The van der Waals surface area contributed by atoms with Crippen molar-refractivity contribution in [1.29, 1.82) is 0 Å². The maximum Gasteiger partial charge on any atom is 0.407 e. The minimum absolute atomic E-state index is 0.190. The number of alkyl halides is 3. The molecule has 1 aromatic heterocycles. The molecule has 1 aromatic rings. The van der Waals surface area contributed by atoms with Crippen molar-refractivity contribution in [2.45, 2.75) is 26.1 Å². The Labute approximate surface area is 78.4 Å². The smallest absolute Gasteiger partial charge is 0.316 e. The van der Waals surface area contributed by atoms with Crippen molar-refractivity contribution >= 4 is 11.3 Å². The molecule has 1 atom stereocenters. The van der Waals surface area contributed by atoms with Gasteiger partial charge >= 0.3 is 6.18 Å². The Morgan fingerprint density at radius 3 is 2.23 bits per heavy atom. The molecule has 1 rings (SSSR count). The van der Waals surface area contributed by atoms with Gasteiger partial charge in [0.05, 0.1) is 0 Å². The second-order valence-electron chi connectivity index (χ2n) is 2.89. The van der Waals surface area contributed by atoms with Crippen LogP contribution in [0.2, 0.25) is 0 Å². The molecule has 0 aromatic carbocycles. The highest BCUT2D eigenvalue weighted by Gasteiger charge is 2.39. The molecule has 0 bridgehead atoms. The van der Waals surface area contributed by atoms with Crippen molar-refractivity contribution < 1.29 is 13.2 Å². The third-order valence-corrected chi connectivity index (χ3v) is 2.75. The summed E-state index contributed by atoms with van der Waals surface area (Å²) < 4.78 is 36.6. The first-order chi connectivity index (χ1) is 5.82. The van der Waals surface area contributed by atoms with Gasteiger partial charge in [0.2, 0.25) is 0 Å². The van der Waals surface area contributed by atoms with E-state index < -0.39 is 12.2 Å². The average molecular weight is 209 g/mol. The SMILES string of the molecule is Cc1cc(C(N)C(F)(F)F)c(C)s1. The van der Waals surface area contributed by atoms with E-state index in [1.807, 2.05) is 0 Å². The molecule has 0 saturated heterocycles. The molecule has 0 aliphatic heterocycles. The maximum absolute atomic E-state index is 12.2. The number of aryl methyl sites for hydroxylation is 2. The molecule has 0 spiro atoms. The van der Waals surface area contributed by atoms with E-state index in [9.17, 15) is 13.2 Å². The molecular weight excluding hydrogens is 199 g/mol. The zero-order valence-corrected chi connectivity index (χ0v) is 8.09. The van der Waals surface area contributed by atoms with Gasteiger partial charge in [-0.25, -0.2) is 0 Å². The summed E-state index contributed by atoms with van der Waals surface area (Å²) in [5.41, 5.74) is 5.26. The third-order valence-electron chi connectivity index (χ3n) is 1.77. The molecule has 0 saturated carbocycles. The van der Waals surface area contributed by atoms with Gasteiger partial charge in [-0.1, -0.05) is 0 Å². The summed E-state index contributed by atoms with van der Waals surface area (Å²) in [4.78, 5) is 1.49. The topological polar surface area (TPSA) is 26.0 Å². The minimum Gasteiger partial charge on any atom is -0.316 e. The highest BCUT2D eigenvalue weighted by Crippen LogP contribution is 2.35.